The van der Waals surface area contributed by atoms with Crippen LogP contribution in [0.25, 0.3) is 0 Å². The third-order valence-electron chi connectivity index (χ3n) is 8.54. The van der Waals surface area contributed by atoms with E-state index < -0.39 is 15.6 Å². The summed E-state index contributed by atoms with van der Waals surface area (Å²) in [6.07, 6.45) is 9.71. The van der Waals surface area contributed by atoms with E-state index >= 15 is 0 Å². The Bertz CT molecular complexity index is 1050. The van der Waals surface area contributed by atoms with Crippen LogP contribution in [0.1, 0.15) is 66.9 Å². The van der Waals surface area contributed by atoms with Gasteiger partial charge in [-0.05, 0) is 62.7 Å². The van der Waals surface area contributed by atoms with Crippen molar-refractivity contribution in [2.45, 2.75) is 62.5 Å². The molecular formula is C23H33N5O4S. The van der Waals surface area contributed by atoms with Crippen LogP contribution in [0.3, 0.4) is 0 Å². The maximum atomic E-state index is 13.4. The van der Waals surface area contributed by atoms with Crippen molar-refractivity contribution in [1.82, 2.24) is 19.6 Å². The van der Waals surface area contributed by atoms with E-state index in [0.717, 1.165) is 50.6 Å². The van der Waals surface area contributed by atoms with Gasteiger partial charge in [0.15, 0.2) is 0 Å². The minimum absolute atomic E-state index is 0.0881. The lowest BCUT2D eigenvalue weighted by Gasteiger charge is -2.58. The summed E-state index contributed by atoms with van der Waals surface area (Å²) < 4.78 is 25.1. The Kier molecular flexibility index (Phi) is 5.01. The number of hydrogen-bond donors (Lipinski definition) is 2. The normalized spacial score (nSPS) is 36.2. The number of carbonyl (C=O) groups is 1. The summed E-state index contributed by atoms with van der Waals surface area (Å²) in [5.41, 5.74) is 0.886. The third-order valence-corrected chi connectivity index (χ3v) is 9.85. The Labute approximate surface area is 195 Å². The van der Waals surface area contributed by atoms with Gasteiger partial charge in [-0.1, -0.05) is 0 Å². The first-order valence-corrected chi connectivity index (χ1v) is 14.1. The fourth-order valence-corrected chi connectivity index (χ4v) is 7.87. The maximum Gasteiger partial charge on any atom is 0.254 e. The van der Waals surface area contributed by atoms with Gasteiger partial charge in [-0.25, -0.2) is 18.4 Å². The van der Waals surface area contributed by atoms with E-state index in [2.05, 4.69) is 10.3 Å². The monoisotopic (exact) mass is 475 g/mol. The highest BCUT2D eigenvalue weighted by Gasteiger charge is 2.55. The first kappa shape index (κ1) is 21.7. The number of rotatable bonds is 5. The molecule has 9 nitrogen and oxygen atoms in total. The quantitative estimate of drug-likeness (QED) is 0.655. The third kappa shape index (κ3) is 4.04. The van der Waals surface area contributed by atoms with Crippen LogP contribution < -0.4 is 10.2 Å². The first-order valence-electron chi connectivity index (χ1n) is 12.3. The fourth-order valence-electron chi connectivity index (χ4n) is 7.05. The van der Waals surface area contributed by atoms with Crippen molar-refractivity contribution >= 4 is 21.9 Å². The standard InChI is InChI=1S/C23H33N5O4S/c1-33(31,32)28-6-4-27(5-7-28)22-24-13-18(20(26-22)15-2-3-15)21(29)25-19-16-8-14-9-17(19)12-23(30,10-14)11-16/h13-17,19,30H,2-12H2,1H3,(H,25,29)/t14?,16?,17?,19-,23+. The number of aromatic nitrogens is 2. The molecule has 1 aromatic heterocycles. The molecule has 10 heteroatoms. The summed E-state index contributed by atoms with van der Waals surface area (Å²) >= 11 is 0. The Morgan fingerprint density at radius 2 is 1.79 bits per heavy atom. The molecule has 1 aliphatic heterocycles. The van der Waals surface area contributed by atoms with Crippen molar-refractivity contribution in [2.75, 3.05) is 37.3 Å². The molecule has 1 amide bonds. The van der Waals surface area contributed by atoms with Crippen molar-refractivity contribution in [2.24, 2.45) is 17.8 Å². The molecule has 7 rings (SSSR count). The number of nitrogens with zero attached hydrogens (tertiary/aromatic N) is 4. The van der Waals surface area contributed by atoms with Crippen molar-refractivity contribution in [1.29, 1.82) is 0 Å². The van der Waals surface area contributed by atoms with Crippen LogP contribution in [-0.2, 0) is 10.0 Å². The van der Waals surface area contributed by atoms with E-state index in [1.165, 1.54) is 10.6 Å². The lowest BCUT2D eigenvalue weighted by atomic mass is 9.52. The fraction of sp³-hybridized carbons (Fsp3) is 0.783. The molecule has 2 unspecified atom stereocenters. The van der Waals surface area contributed by atoms with E-state index in [-0.39, 0.29) is 11.9 Å². The minimum atomic E-state index is -3.19. The van der Waals surface area contributed by atoms with E-state index in [1.807, 2.05) is 4.90 Å². The van der Waals surface area contributed by atoms with Crippen molar-refractivity contribution in [3.63, 3.8) is 0 Å². The van der Waals surface area contributed by atoms with Crippen molar-refractivity contribution in [3.05, 3.63) is 17.5 Å². The van der Waals surface area contributed by atoms with Crippen molar-refractivity contribution < 1.29 is 18.3 Å². The van der Waals surface area contributed by atoms with E-state index in [9.17, 15) is 18.3 Å². The number of nitrogens with one attached hydrogen (secondary N) is 1. The molecule has 5 aliphatic carbocycles. The van der Waals surface area contributed by atoms with Crippen LogP contribution in [-0.4, -0.2) is 77.8 Å². The Morgan fingerprint density at radius 3 is 2.36 bits per heavy atom. The smallest absolute Gasteiger partial charge is 0.254 e. The number of sulfonamides is 1. The number of anilines is 1. The van der Waals surface area contributed by atoms with Crippen LogP contribution in [0.15, 0.2) is 6.20 Å². The summed E-state index contributed by atoms with van der Waals surface area (Å²) in [5.74, 6) is 2.12. The van der Waals surface area contributed by atoms with E-state index in [0.29, 0.717) is 61.4 Å². The highest BCUT2D eigenvalue weighted by atomic mass is 32.2. The van der Waals surface area contributed by atoms with Gasteiger partial charge in [-0.3, -0.25) is 4.79 Å². The van der Waals surface area contributed by atoms with Gasteiger partial charge in [0.25, 0.3) is 5.91 Å². The lowest BCUT2D eigenvalue weighted by molar-refractivity contribution is -0.136. The van der Waals surface area contributed by atoms with E-state index in [1.54, 1.807) is 6.20 Å². The molecule has 33 heavy (non-hydrogen) atoms. The predicted octanol–water partition coefficient (Wildman–Crippen LogP) is 1.11. The Balaban J connectivity index is 1.18. The molecule has 0 spiro atoms. The van der Waals surface area contributed by atoms with Gasteiger partial charge in [-0.2, -0.15) is 4.31 Å². The average Bonchev–Trinajstić information content (AvgIpc) is 3.59. The number of piperazine rings is 1. The van der Waals surface area contributed by atoms with Crippen LogP contribution in [0.4, 0.5) is 5.95 Å². The largest absolute Gasteiger partial charge is 0.390 e. The van der Waals surface area contributed by atoms with Crippen LogP contribution >= 0.6 is 0 Å². The molecule has 1 aromatic rings. The zero-order valence-electron chi connectivity index (χ0n) is 19.1. The SMILES string of the molecule is CS(=O)(=O)N1CCN(c2ncc(C(=O)N[C@H]3C4CC5CC3C[C@@](O)(C5)C4)c(C3CC3)n2)CC1. The second-order valence-corrected chi connectivity index (χ2v) is 13.1. The number of aliphatic hydroxyl groups is 1. The van der Waals surface area contributed by atoms with Crippen LogP contribution in [0.2, 0.25) is 0 Å². The van der Waals surface area contributed by atoms with Gasteiger partial charge in [0.2, 0.25) is 16.0 Å². The zero-order chi connectivity index (χ0) is 23.0. The van der Waals surface area contributed by atoms with E-state index in [4.69, 9.17) is 4.98 Å². The zero-order valence-corrected chi connectivity index (χ0v) is 19.9. The number of carbonyl (C=O) groups excluding carboxylic acids is 1. The van der Waals surface area contributed by atoms with Gasteiger partial charge < -0.3 is 15.3 Å². The summed E-state index contributed by atoms with van der Waals surface area (Å²) in [6, 6.07) is 0.130. The van der Waals surface area contributed by atoms with Gasteiger partial charge in [0, 0.05) is 44.3 Å². The van der Waals surface area contributed by atoms with Gasteiger partial charge in [-0.15, -0.1) is 0 Å². The Hall–Kier alpha value is -1.78. The second kappa shape index (κ2) is 7.61. The van der Waals surface area contributed by atoms with Gasteiger partial charge in [0.05, 0.1) is 23.1 Å². The molecule has 2 N–H and O–H groups in total. The highest BCUT2D eigenvalue weighted by molar-refractivity contribution is 7.88. The van der Waals surface area contributed by atoms with Crippen LogP contribution in [0.5, 0.6) is 0 Å². The summed E-state index contributed by atoms with van der Waals surface area (Å²) in [7, 11) is -3.19. The summed E-state index contributed by atoms with van der Waals surface area (Å²) in [6.45, 7) is 1.92. The summed E-state index contributed by atoms with van der Waals surface area (Å²) in [5, 5.41) is 14.2. The number of amides is 1. The number of hydrogen-bond acceptors (Lipinski definition) is 7. The molecule has 1 saturated heterocycles. The molecule has 180 valence electrons. The predicted molar refractivity (Wildman–Crippen MR) is 122 cm³/mol. The van der Waals surface area contributed by atoms with Gasteiger partial charge >= 0.3 is 0 Å². The molecule has 6 fully saturated rings. The average molecular weight is 476 g/mol. The Morgan fingerprint density at radius 1 is 1.12 bits per heavy atom. The van der Waals surface area contributed by atoms with Crippen LogP contribution in [0, 0.1) is 17.8 Å². The molecule has 4 bridgehead atoms. The van der Waals surface area contributed by atoms with Crippen molar-refractivity contribution in [3.8, 4) is 0 Å². The lowest BCUT2D eigenvalue weighted by Crippen LogP contribution is -2.61. The minimum Gasteiger partial charge on any atom is -0.390 e. The van der Waals surface area contributed by atoms with Gasteiger partial charge in [0.1, 0.15) is 0 Å². The molecule has 2 atom stereocenters. The summed E-state index contributed by atoms with van der Waals surface area (Å²) in [4.78, 5) is 24.7. The topological polar surface area (TPSA) is 116 Å². The molecule has 5 saturated carbocycles. The first-order chi connectivity index (χ1) is 15.7. The maximum absolute atomic E-state index is 13.4. The molecule has 6 aliphatic rings. The molecule has 2 heterocycles. The molecule has 0 radical (unpaired) electrons. The highest BCUT2D eigenvalue weighted by Crippen LogP contribution is 2.55. The molecular weight excluding hydrogens is 442 g/mol. The molecule has 0 aromatic carbocycles. The second-order valence-electron chi connectivity index (χ2n) is 11.1.